The molecule has 3 rings (SSSR count). The van der Waals surface area contributed by atoms with Crippen molar-refractivity contribution in [3.8, 4) is 0 Å². The minimum absolute atomic E-state index is 0.0182. The van der Waals surface area contributed by atoms with Crippen LogP contribution in [0.1, 0.15) is 34.3 Å². The summed E-state index contributed by atoms with van der Waals surface area (Å²) in [7, 11) is 0. The zero-order valence-electron chi connectivity index (χ0n) is 14.3. The first kappa shape index (κ1) is 17.6. The number of benzene rings is 1. The fraction of sp³-hybridized carbons (Fsp3) is 0.263. The Morgan fingerprint density at radius 3 is 2.58 bits per heavy atom. The van der Waals surface area contributed by atoms with Crippen molar-refractivity contribution >= 4 is 17.7 Å². The van der Waals surface area contributed by atoms with Crippen LogP contribution >= 0.6 is 0 Å². The molecule has 3 amide bonds. The number of pyridine rings is 1. The van der Waals surface area contributed by atoms with Crippen LogP contribution in [0, 0.1) is 0 Å². The lowest BCUT2D eigenvalue weighted by Crippen LogP contribution is -2.42. The maximum atomic E-state index is 12.3. The molecule has 1 aliphatic rings. The summed E-state index contributed by atoms with van der Waals surface area (Å²) in [5, 5.41) is 0. The highest BCUT2D eigenvalue weighted by atomic mass is 16.2. The number of nitrogens with one attached hydrogen (secondary N) is 2. The molecule has 0 saturated heterocycles. The molecule has 2 heterocycles. The van der Waals surface area contributed by atoms with E-state index in [2.05, 4.69) is 21.9 Å². The molecule has 26 heavy (non-hydrogen) atoms. The monoisotopic (exact) mass is 352 g/mol. The highest BCUT2D eigenvalue weighted by Gasteiger charge is 2.20. The van der Waals surface area contributed by atoms with Gasteiger partial charge in [0, 0.05) is 38.3 Å². The van der Waals surface area contributed by atoms with E-state index in [-0.39, 0.29) is 18.7 Å². The van der Waals surface area contributed by atoms with Gasteiger partial charge in [0.05, 0.1) is 5.56 Å². The molecule has 0 spiro atoms. The van der Waals surface area contributed by atoms with E-state index >= 15 is 0 Å². The standard InChI is InChI=1S/C19H20N4O3/c24-17(21-22-19(26)15-6-3-10-20-12-15)7-8-18(25)23-11-9-14-4-1-2-5-16(14)13-23/h1-6,10,12H,7-9,11,13H2,(H,21,24)(H,22,26). The maximum absolute atomic E-state index is 12.3. The van der Waals surface area contributed by atoms with Crippen molar-refractivity contribution in [3.63, 3.8) is 0 Å². The molecule has 0 saturated carbocycles. The Morgan fingerprint density at radius 2 is 1.81 bits per heavy atom. The lowest BCUT2D eigenvalue weighted by Gasteiger charge is -2.28. The lowest BCUT2D eigenvalue weighted by molar-refractivity contribution is -0.134. The lowest BCUT2D eigenvalue weighted by atomic mass is 9.99. The number of amides is 3. The van der Waals surface area contributed by atoms with E-state index in [0.29, 0.717) is 18.7 Å². The first-order chi connectivity index (χ1) is 12.6. The van der Waals surface area contributed by atoms with Gasteiger partial charge in [-0.2, -0.15) is 0 Å². The van der Waals surface area contributed by atoms with E-state index in [1.807, 2.05) is 18.2 Å². The highest BCUT2D eigenvalue weighted by molar-refractivity contribution is 5.95. The van der Waals surface area contributed by atoms with E-state index in [0.717, 1.165) is 12.0 Å². The minimum Gasteiger partial charge on any atom is -0.338 e. The van der Waals surface area contributed by atoms with E-state index in [1.54, 1.807) is 23.2 Å². The second-order valence-electron chi connectivity index (χ2n) is 6.08. The molecule has 0 radical (unpaired) electrons. The van der Waals surface area contributed by atoms with Crippen molar-refractivity contribution < 1.29 is 14.4 Å². The van der Waals surface area contributed by atoms with Crippen molar-refractivity contribution in [1.29, 1.82) is 0 Å². The van der Waals surface area contributed by atoms with E-state index in [9.17, 15) is 14.4 Å². The predicted molar refractivity (Wildman–Crippen MR) is 94.6 cm³/mol. The first-order valence-corrected chi connectivity index (χ1v) is 8.47. The summed E-state index contributed by atoms with van der Waals surface area (Å²) in [5.41, 5.74) is 7.40. The Hall–Kier alpha value is -3.22. The van der Waals surface area contributed by atoms with Crippen LogP contribution in [0.5, 0.6) is 0 Å². The summed E-state index contributed by atoms with van der Waals surface area (Å²) in [5.74, 6) is -0.924. The molecule has 0 aliphatic carbocycles. The van der Waals surface area contributed by atoms with Crippen LogP contribution in [0.15, 0.2) is 48.8 Å². The largest absolute Gasteiger partial charge is 0.338 e. The van der Waals surface area contributed by atoms with Crippen LogP contribution in [0.4, 0.5) is 0 Å². The number of hydrogen-bond acceptors (Lipinski definition) is 4. The molecular formula is C19H20N4O3. The molecule has 0 fully saturated rings. The average molecular weight is 352 g/mol. The molecule has 0 atom stereocenters. The number of aromatic nitrogens is 1. The van der Waals surface area contributed by atoms with Crippen molar-refractivity contribution in [2.45, 2.75) is 25.8 Å². The van der Waals surface area contributed by atoms with Gasteiger partial charge in [0.25, 0.3) is 5.91 Å². The normalized spacial score (nSPS) is 12.8. The van der Waals surface area contributed by atoms with Crippen molar-refractivity contribution in [2.24, 2.45) is 0 Å². The van der Waals surface area contributed by atoms with Gasteiger partial charge < -0.3 is 4.90 Å². The van der Waals surface area contributed by atoms with Gasteiger partial charge in [-0.1, -0.05) is 24.3 Å². The third kappa shape index (κ3) is 4.44. The number of nitrogens with zero attached hydrogens (tertiary/aromatic N) is 2. The quantitative estimate of drug-likeness (QED) is 0.809. The van der Waals surface area contributed by atoms with E-state index in [1.165, 1.54) is 11.8 Å². The molecule has 2 N–H and O–H groups in total. The molecule has 1 aromatic carbocycles. The van der Waals surface area contributed by atoms with Crippen LogP contribution in [0.2, 0.25) is 0 Å². The Labute approximate surface area is 151 Å². The van der Waals surface area contributed by atoms with Gasteiger partial charge in [-0.3, -0.25) is 30.2 Å². The van der Waals surface area contributed by atoms with Crippen LogP contribution in [0.3, 0.4) is 0 Å². The maximum Gasteiger partial charge on any atom is 0.271 e. The van der Waals surface area contributed by atoms with Crippen LogP contribution < -0.4 is 10.9 Å². The number of hydrogen-bond donors (Lipinski definition) is 2. The van der Waals surface area contributed by atoms with E-state index < -0.39 is 11.8 Å². The SMILES string of the molecule is O=C(CCC(=O)N1CCc2ccccc2C1)NNC(=O)c1cccnc1. The summed E-state index contributed by atoms with van der Waals surface area (Å²) in [4.78, 5) is 41.6. The third-order valence-electron chi connectivity index (χ3n) is 4.29. The number of rotatable bonds is 4. The molecule has 1 aromatic heterocycles. The second-order valence-corrected chi connectivity index (χ2v) is 6.08. The zero-order valence-corrected chi connectivity index (χ0v) is 14.3. The molecule has 7 nitrogen and oxygen atoms in total. The zero-order chi connectivity index (χ0) is 18.4. The Bertz CT molecular complexity index is 807. The summed E-state index contributed by atoms with van der Waals surface area (Å²) < 4.78 is 0. The summed E-state index contributed by atoms with van der Waals surface area (Å²) >= 11 is 0. The van der Waals surface area contributed by atoms with Gasteiger partial charge in [0.2, 0.25) is 11.8 Å². The summed E-state index contributed by atoms with van der Waals surface area (Å²) in [6, 6.07) is 11.3. The van der Waals surface area contributed by atoms with Crippen LogP contribution in [-0.4, -0.2) is 34.2 Å². The second kappa shape index (κ2) is 8.24. The molecule has 134 valence electrons. The smallest absolute Gasteiger partial charge is 0.271 e. The van der Waals surface area contributed by atoms with Gasteiger partial charge in [0.1, 0.15) is 0 Å². The van der Waals surface area contributed by atoms with Gasteiger partial charge in [-0.05, 0) is 29.7 Å². The summed E-state index contributed by atoms with van der Waals surface area (Å²) in [6.45, 7) is 1.24. The molecule has 0 unspecified atom stereocenters. The fourth-order valence-corrected chi connectivity index (χ4v) is 2.85. The van der Waals surface area contributed by atoms with Gasteiger partial charge >= 0.3 is 0 Å². The minimum atomic E-state index is -0.453. The molecular weight excluding hydrogens is 332 g/mol. The van der Waals surface area contributed by atoms with Gasteiger partial charge in [-0.15, -0.1) is 0 Å². The van der Waals surface area contributed by atoms with Crippen LogP contribution in [-0.2, 0) is 22.6 Å². The van der Waals surface area contributed by atoms with Crippen LogP contribution in [0.25, 0.3) is 0 Å². The van der Waals surface area contributed by atoms with Crippen molar-refractivity contribution in [1.82, 2.24) is 20.7 Å². The Kier molecular flexibility index (Phi) is 5.58. The fourth-order valence-electron chi connectivity index (χ4n) is 2.85. The number of carbonyl (C=O) groups is 3. The molecule has 2 aromatic rings. The van der Waals surface area contributed by atoms with Gasteiger partial charge in [0.15, 0.2) is 0 Å². The van der Waals surface area contributed by atoms with Gasteiger partial charge in [-0.25, -0.2) is 0 Å². The number of hydrazine groups is 1. The average Bonchev–Trinajstić information content (AvgIpc) is 2.70. The molecule has 1 aliphatic heterocycles. The molecule has 7 heteroatoms. The topological polar surface area (TPSA) is 91.4 Å². The van der Waals surface area contributed by atoms with E-state index in [4.69, 9.17) is 0 Å². The molecule has 0 bridgehead atoms. The number of fused-ring (bicyclic) bond motifs is 1. The number of carbonyl (C=O) groups excluding carboxylic acids is 3. The summed E-state index contributed by atoms with van der Waals surface area (Å²) in [6.07, 6.45) is 3.91. The Balaban J connectivity index is 1.42. The van der Waals surface area contributed by atoms with Crippen molar-refractivity contribution in [2.75, 3.05) is 6.54 Å². The third-order valence-corrected chi connectivity index (χ3v) is 4.29. The Morgan fingerprint density at radius 1 is 1.00 bits per heavy atom. The predicted octanol–water partition coefficient (Wildman–Crippen LogP) is 1.21. The highest BCUT2D eigenvalue weighted by Crippen LogP contribution is 2.19. The first-order valence-electron chi connectivity index (χ1n) is 8.47. The van der Waals surface area contributed by atoms with Crippen molar-refractivity contribution in [3.05, 3.63) is 65.5 Å².